The molecule has 2 rings (SSSR count). The summed E-state index contributed by atoms with van der Waals surface area (Å²) in [5.74, 6) is 0.733. The van der Waals surface area contributed by atoms with E-state index in [0.29, 0.717) is 12.6 Å². The standard InChI is InChI=1S/C16H22N2O2/c1-11(2)18-10-17-8-14(18)9-20-16-7-12(3)5-6-15(16)13(4)19/h5-8,10-11,13,19H,9H2,1-4H3/t13-/m0/s1. The Kier molecular flexibility index (Phi) is 4.45. The molecule has 20 heavy (non-hydrogen) atoms. The second-order valence-electron chi connectivity index (χ2n) is 5.39. The van der Waals surface area contributed by atoms with Gasteiger partial charge in [0.25, 0.3) is 0 Å². The molecular formula is C16H22N2O2. The fraction of sp³-hybridized carbons (Fsp3) is 0.438. The molecule has 0 aliphatic heterocycles. The van der Waals surface area contributed by atoms with Crippen molar-refractivity contribution in [1.82, 2.24) is 9.55 Å². The number of imidazole rings is 1. The predicted octanol–water partition coefficient (Wildman–Crippen LogP) is 3.40. The van der Waals surface area contributed by atoms with Crippen LogP contribution in [0.2, 0.25) is 0 Å². The van der Waals surface area contributed by atoms with E-state index in [1.807, 2.05) is 37.6 Å². The van der Waals surface area contributed by atoms with E-state index >= 15 is 0 Å². The summed E-state index contributed by atoms with van der Waals surface area (Å²) in [6.07, 6.45) is 3.09. The van der Waals surface area contributed by atoms with Crippen LogP contribution in [0.3, 0.4) is 0 Å². The van der Waals surface area contributed by atoms with E-state index in [-0.39, 0.29) is 0 Å². The number of aliphatic hydroxyl groups is 1. The van der Waals surface area contributed by atoms with Crippen molar-refractivity contribution in [1.29, 1.82) is 0 Å². The lowest BCUT2D eigenvalue weighted by Crippen LogP contribution is -2.08. The molecule has 1 aromatic heterocycles. The van der Waals surface area contributed by atoms with Gasteiger partial charge in [0.05, 0.1) is 24.3 Å². The number of benzene rings is 1. The minimum Gasteiger partial charge on any atom is -0.487 e. The molecular weight excluding hydrogens is 252 g/mol. The van der Waals surface area contributed by atoms with Crippen molar-refractivity contribution in [2.24, 2.45) is 0 Å². The molecule has 4 heteroatoms. The zero-order chi connectivity index (χ0) is 14.7. The van der Waals surface area contributed by atoms with Crippen molar-refractivity contribution < 1.29 is 9.84 Å². The highest BCUT2D eigenvalue weighted by atomic mass is 16.5. The summed E-state index contributed by atoms with van der Waals surface area (Å²) in [6, 6.07) is 6.20. The average molecular weight is 274 g/mol. The summed E-state index contributed by atoms with van der Waals surface area (Å²) in [5, 5.41) is 9.80. The number of aliphatic hydroxyl groups excluding tert-OH is 1. The fourth-order valence-corrected chi connectivity index (χ4v) is 2.17. The molecule has 1 aromatic carbocycles. The van der Waals surface area contributed by atoms with Gasteiger partial charge >= 0.3 is 0 Å². The minimum atomic E-state index is -0.541. The number of ether oxygens (including phenoxy) is 1. The van der Waals surface area contributed by atoms with Gasteiger partial charge in [0.2, 0.25) is 0 Å². The second-order valence-corrected chi connectivity index (χ2v) is 5.39. The molecule has 0 bridgehead atoms. The van der Waals surface area contributed by atoms with Gasteiger partial charge < -0.3 is 14.4 Å². The number of hydrogen-bond acceptors (Lipinski definition) is 3. The van der Waals surface area contributed by atoms with Crippen LogP contribution in [-0.2, 0) is 6.61 Å². The van der Waals surface area contributed by atoms with Crippen LogP contribution in [0.15, 0.2) is 30.7 Å². The summed E-state index contributed by atoms with van der Waals surface area (Å²) in [4.78, 5) is 4.16. The molecule has 1 heterocycles. The highest BCUT2D eigenvalue weighted by Gasteiger charge is 2.11. The Labute approximate surface area is 120 Å². The van der Waals surface area contributed by atoms with Gasteiger partial charge in [-0.25, -0.2) is 4.98 Å². The van der Waals surface area contributed by atoms with Gasteiger partial charge in [-0.2, -0.15) is 0 Å². The van der Waals surface area contributed by atoms with Gasteiger partial charge in [-0.1, -0.05) is 12.1 Å². The molecule has 0 unspecified atom stereocenters. The largest absolute Gasteiger partial charge is 0.487 e. The first-order valence-electron chi connectivity index (χ1n) is 6.91. The molecule has 1 N–H and O–H groups in total. The molecule has 0 radical (unpaired) electrons. The van der Waals surface area contributed by atoms with E-state index in [1.165, 1.54) is 0 Å². The Balaban J connectivity index is 2.18. The summed E-state index contributed by atoms with van der Waals surface area (Å²) in [5.41, 5.74) is 2.95. The number of nitrogens with zero attached hydrogens (tertiary/aromatic N) is 2. The van der Waals surface area contributed by atoms with E-state index < -0.39 is 6.10 Å². The monoisotopic (exact) mass is 274 g/mol. The molecule has 2 aromatic rings. The number of aromatic nitrogens is 2. The van der Waals surface area contributed by atoms with Gasteiger partial charge in [0.15, 0.2) is 0 Å². The van der Waals surface area contributed by atoms with Crippen LogP contribution in [0, 0.1) is 6.92 Å². The van der Waals surface area contributed by atoms with E-state index in [9.17, 15) is 5.11 Å². The Morgan fingerprint density at radius 2 is 2.05 bits per heavy atom. The summed E-state index contributed by atoms with van der Waals surface area (Å²) in [6.45, 7) is 8.42. The first kappa shape index (κ1) is 14.6. The van der Waals surface area contributed by atoms with E-state index in [4.69, 9.17) is 4.74 Å². The Morgan fingerprint density at radius 3 is 2.70 bits per heavy atom. The van der Waals surface area contributed by atoms with Crippen LogP contribution in [0.5, 0.6) is 5.75 Å². The summed E-state index contributed by atoms with van der Waals surface area (Å²) >= 11 is 0. The maximum absolute atomic E-state index is 9.80. The number of hydrogen-bond donors (Lipinski definition) is 1. The van der Waals surface area contributed by atoms with E-state index in [2.05, 4.69) is 23.4 Å². The summed E-state index contributed by atoms with van der Waals surface area (Å²) < 4.78 is 7.97. The van der Waals surface area contributed by atoms with Crippen molar-refractivity contribution in [3.8, 4) is 5.75 Å². The molecule has 0 fully saturated rings. The second kappa shape index (κ2) is 6.09. The van der Waals surface area contributed by atoms with Crippen molar-refractivity contribution in [2.75, 3.05) is 0 Å². The van der Waals surface area contributed by atoms with Crippen LogP contribution in [0.1, 0.15) is 49.7 Å². The molecule has 0 spiro atoms. The maximum Gasteiger partial charge on any atom is 0.130 e. The fourth-order valence-electron chi connectivity index (χ4n) is 2.17. The third kappa shape index (κ3) is 3.20. The minimum absolute atomic E-state index is 0.352. The first-order valence-corrected chi connectivity index (χ1v) is 6.91. The lowest BCUT2D eigenvalue weighted by atomic mass is 10.1. The average Bonchev–Trinajstić information content (AvgIpc) is 2.84. The molecule has 0 saturated carbocycles. The van der Waals surface area contributed by atoms with Crippen molar-refractivity contribution in [3.63, 3.8) is 0 Å². The Morgan fingerprint density at radius 1 is 1.30 bits per heavy atom. The summed E-state index contributed by atoms with van der Waals surface area (Å²) in [7, 11) is 0. The Bertz CT molecular complexity index is 574. The van der Waals surface area contributed by atoms with Crippen LogP contribution in [-0.4, -0.2) is 14.7 Å². The van der Waals surface area contributed by atoms with E-state index in [1.54, 1.807) is 6.92 Å². The normalized spacial score (nSPS) is 12.7. The number of aryl methyl sites for hydroxylation is 1. The zero-order valence-electron chi connectivity index (χ0n) is 12.5. The molecule has 0 aliphatic rings. The molecule has 4 nitrogen and oxygen atoms in total. The molecule has 108 valence electrons. The zero-order valence-corrected chi connectivity index (χ0v) is 12.5. The smallest absolute Gasteiger partial charge is 0.130 e. The maximum atomic E-state index is 9.80. The van der Waals surface area contributed by atoms with Gasteiger partial charge in [0, 0.05) is 11.6 Å². The first-order chi connectivity index (χ1) is 9.49. The van der Waals surface area contributed by atoms with Crippen LogP contribution >= 0.6 is 0 Å². The molecule has 0 aliphatic carbocycles. The van der Waals surface area contributed by atoms with E-state index in [0.717, 1.165) is 22.6 Å². The van der Waals surface area contributed by atoms with Gasteiger partial charge in [-0.15, -0.1) is 0 Å². The number of rotatable bonds is 5. The molecule has 0 saturated heterocycles. The third-order valence-corrected chi connectivity index (χ3v) is 3.30. The van der Waals surface area contributed by atoms with Crippen molar-refractivity contribution >= 4 is 0 Å². The van der Waals surface area contributed by atoms with Crippen LogP contribution in [0.25, 0.3) is 0 Å². The highest BCUT2D eigenvalue weighted by Crippen LogP contribution is 2.27. The quantitative estimate of drug-likeness (QED) is 0.909. The van der Waals surface area contributed by atoms with Gasteiger partial charge in [0.1, 0.15) is 12.4 Å². The molecule has 0 amide bonds. The predicted molar refractivity (Wildman–Crippen MR) is 78.8 cm³/mol. The Hall–Kier alpha value is -1.81. The third-order valence-electron chi connectivity index (χ3n) is 3.30. The van der Waals surface area contributed by atoms with Gasteiger partial charge in [-0.05, 0) is 39.3 Å². The van der Waals surface area contributed by atoms with Crippen molar-refractivity contribution in [2.45, 2.75) is 46.4 Å². The topological polar surface area (TPSA) is 47.3 Å². The molecule has 1 atom stereocenters. The lowest BCUT2D eigenvalue weighted by Gasteiger charge is -2.16. The lowest BCUT2D eigenvalue weighted by molar-refractivity contribution is 0.189. The SMILES string of the molecule is Cc1ccc([C@H](C)O)c(OCc2cncn2C(C)C)c1. The van der Waals surface area contributed by atoms with Gasteiger partial charge in [-0.3, -0.25) is 0 Å². The van der Waals surface area contributed by atoms with Crippen LogP contribution in [0.4, 0.5) is 0 Å². The highest BCUT2D eigenvalue weighted by molar-refractivity contribution is 5.38. The van der Waals surface area contributed by atoms with Crippen molar-refractivity contribution in [3.05, 3.63) is 47.5 Å². The van der Waals surface area contributed by atoms with Crippen LogP contribution < -0.4 is 4.74 Å².